The number of aryl methyl sites for hydroxylation is 1. The fourth-order valence-corrected chi connectivity index (χ4v) is 4.56. The van der Waals surface area contributed by atoms with Gasteiger partial charge in [-0.25, -0.2) is 0 Å². The molecule has 2 atom stereocenters. The summed E-state index contributed by atoms with van der Waals surface area (Å²) in [5.41, 5.74) is 4.26. The summed E-state index contributed by atoms with van der Waals surface area (Å²) in [6, 6.07) is 8.80. The van der Waals surface area contributed by atoms with Crippen LogP contribution >= 0.6 is 12.6 Å². The van der Waals surface area contributed by atoms with Gasteiger partial charge in [-0.3, -0.25) is 0 Å². The third-order valence-corrected chi connectivity index (χ3v) is 5.84. The second-order valence-electron chi connectivity index (χ2n) is 6.75. The molecule has 2 unspecified atom stereocenters. The van der Waals surface area contributed by atoms with Crippen molar-refractivity contribution in [2.24, 2.45) is 5.92 Å². The molecule has 0 bridgehead atoms. The van der Waals surface area contributed by atoms with Crippen LogP contribution in [0.4, 0.5) is 0 Å². The molecular formula is C19H27NS. The first-order valence-corrected chi connectivity index (χ1v) is 8.87. The van der Waals surface area contributed by atoms with Gasteiger partial charge in [-0.2, -0.15) is 12.6 Å². The Morgan fingerprint density at radius 1 is 1.19 bits per heavy atom. The van der Waals surface area contributed by atoms with E-state index in [0.29, 0.717) is 17.2 Å². The Kier molecular flexibility index (Phi) is 4.63. The van der Waals surface area contributed by atoms with E-state index in [9.17, 15) is 0 Å². The zero-order valence-corrected chi connectivity index (χ0v) is 14.0. The van der Waals surface area contributed by atoms with Gasteiger partial charge in [0.2, 0.25) is 0 Å². The summed E-state index contributed by atoms with van der Waals surface area (Å²) in [5.74, 6) is 1.30. The Bertz CT molecular complexity index is 504. The molecule has 2 heteroatoms. The molecule has 3 rings (SSSR count). The lowest BCUT2D eigenvalue weighted by atomic mass is 9.87. The summed E-state index contributed by atoms with van der Waals surface area (Å²) in [5, 5.41) is 0.337. The highest BCUT2D eigenvalue weighted by molar-refractivity contribution is 7.80. The summed E-state index contributed by atoms with van der Waals surface area (Å²) in [6.07, 6.45) is 7.93. The average Bonchev–Trinajstić information content (AvgIpc) is 2.89. The third kappa shape index (κ3) is 3.15. The van der Waals surface area contributed by atoms with Crippen molar-refractivity contribution < 1.29 is 0 Å². The molecule has 1 nitrogen and oxygen atoms in total. The number of thiol groups is 1. The van der Waals surface area contributed by atoms with Gasteiger partial charge in [-0.15, -0.1) is 0 Å². The molecule has 1 aromatic carbocycles. The van der Waals surface area contributed by atoms with Crippen molar-refractivity contribution in [2.45, 2.75) is 56.7 Å². The van der Waals surface area contributed by atoms with Crippen molar-refractivity contribution >= 4 is 12.6 Å². The van der Waals surface area contributed by atoms with E-state index in [2.05, 4.69) is 42.7 Å². The van der Waals surface area contributed by atoms with Gasteiger partial charge in [0, 0.05) is 18.2 Å². The normalized spacial score (nSPS) is 27.0. The Labute approximate surface area is 134 Å². The second kappa shape index (κ2) is 6.48. The molecule has 1 saturated heterocycles. The Balaban J connectivity index is 1.71. The van der Waals surface area contributed by atoms with Crippen LogP contribution in [-0.2, 0) is 0 Å². The Morgan fingerprint density at radius 3 is 2.62 bits per heavy atom. The maximum Gasteiger partial charge on any atom is 0.0725 e. The Morgan fingerprint density at radius 2 is 1.90 bits per heavy atom. The van der Waals surface area contributed by atoms with Crippen LogP contribution in [0.1, 0.15) is 55.6 Å². The van der Waals surface area contributed by atoms with Gasteiger partial charge in [0.1, 0.15) is 0 Å². The highest BCUT2D eigenvalue weighted by atomic mass is 32.1. The molecule has 0 N–H and O–H groups in total. The second-order valence-corrected chi connectivity index (χ2v) is 7.34. The minimum Gasteiger partial charge on any atom is -0.363 e. The minimum absolute atomic E-state index is 0.337. The van der Waals surface area contributed by atoms with E-state index in [1.54, 1.807) is 0 Å². The van der Waals surface area contributed by atoms with Crippen molar-refractivity contribution in [2.75, 3.05) is 6.54 Å². The van der Waals surface area contributed by atoms with Crippen molar-refractivity contribution in [3.8, 4) is 0 Å². The lowest BCUT2D eigenvalue weighted by molar-refractivity contribution is 0.293. The molecular weight excluding hydrogens is 274 g/mol. The number of benzene rings is 1. The number of nitrogens with zero attached hydrogens (tertiary/aromatic N) is 1. The van der Waals surface area contributed by atoms with Crippen LogP contribution in [0, 0.1) is 12.8 Å². The van der Waals surface area contributed by atoms with Gasteiger partial charge in [0.25, 0.3) is 0 Å². The molecule has 1 heterocycles. The van der Waals surface area contributed by atoms with E-state index in [4.69, 9.17) is 12.6 Å². The van der Waals surface area contributed by atoms with Crippen LogP contribution in [0.15, 0.2) is 36.5 Å². The van der Waals surface area contributed by atoms with Gasteiger partial charge in [0.15, 0.2) is 0 Å². The van der Waals surface area contributed by atoms with Gasteiger partial charge in [-0.05, 0) is 43.2 Å². The standard InChI is InChI=1S/C19H27NS/c1-14-8-6-7-11-18(14)17-12-19(21)20(13-17)15(2)16-9-4-3-5-10-16/h6-8,11,16-17,19,21H,2-5,9-10,12-13H2,1H3. The van der Waals surface area contributed by atoms with Crippen LogP contribution in [0.5, 0.6) is 0 Å². The first kappa shape index (κ1) is 15.0. The lowest BCUT2D eigenvalue weighted by Gasteiger charge is -2.33. The SMILES string of the molecule is C=C(C1CCCCC1)N1CC(c2ccccc2C)CC1S. The van der Waals surface area contributed by atoms with E-state index in [-0.39, 0.29) is 0 Å². The molecule has 1 aliphatic carbocycles. The van der Waals surface area contributed by atoms with Crippen LogP contribution in [-0.4, -0.2) is 16.8 Å². The molecule has 1 saturated carbocycles. The molecule has 0 radical (unpaired) electrons. The molecule has 0 spiro atoms. The van der Waals surface area contributed by atoms with Gasteiger partial charge >= 0.3 is 0 Å². The lowest BCUT2D eigenvalue weighted by Crippen LogP contribution is -2.29. The highest BCUT2D eigenvalue weighted by Gasteiger charge is 2.34. The van der Waals surface area contributed by atoms with E-state index in [0.717, 1.165) is 13.0 Å². The summed E-state index contributed by atoms with van der Waals surface area (Å²) < 4.78 is 0. The molecule has 1 aromatic rings. The van der Waals surface area contributed by atoms with Crippen molar-refractivity contribution in [3.63, 3.8) is 0 Å². The van der Waals surface area contributed by atoms with Crippen LogP contribution in [0.25, 0.3) is 0 Å². The van der Waals surface area contributed by atoms with Crippen LogP contribution in [0.3, 0.4) is 0 Å². The van der Waals surface area contributed by atoms with E-state index in [1.165, 1.54) is 48.9 Å². The maximum absolute atomic E-state index is 4.86. The van der Waals surface area contributed by atoms with Gasteiger partial charge in [0.05, 0.1) is 5.37 Å². The van der Waals surface area contributed by atoms with E-state index < -0.39 is 0 Å². The van der Waals surface area contributed by atoms with Gasteiger partial charge in [-0.1, -0.05) is 50.1 Å². The molecule has 2 fully saturated rings. The van der Waals surface area contributed by atoms with Crippen LogP contribution < -0.4 is 0 Å². The summed E-state index contributed by atoms with van der Waals surface area (Å²) >= 11 is 4.86. The van der Waals surface area contributed by atoms with Crippen molar-refractivity contribution in [1.82, 2.24) is 4.90 Å². The topological polar surface area (TPSA) is 3.24 Å². The van der Waals surface area contributed by atoms with Crippen LogP contribution in [0.2, 0.25) is 0 Å². The molecule has 2 aliphatic rings. The largest absolute Gasteiger partial charge is 0.363 e. The summed E-state index contributed by atoms with van der Waals surface area (Å²) in [4.78, 5) is 2.48. The number of allylic oxidation sites excluding steroid dienone is 1. The number of hydrogen-bond acceptors (Lipinski definition) is 2. The zero-order chi connectivity index (χ0) is 14.8. The number of hydrogen-bond donors (Lipinski definition) is 1. The highest BCUT2D eigenvalue weighted by Crippen LogP contribution is 2.40. The number of rotatable bonds is 3. The molecule has 0 aromatic heterocycles. The van der Waals surface area contributed by atoms with Crippen molar-refractivity contribution in [3.05, 3.63) is 47.7 Å². The first-order chi connectivity index (χ1) is 10.2. The fourth-order valence-electron chi connectivity index (χ4n) is 4.06. The Hall–Kier alpha value is -0.890. The third-order valence-electron chi connectivity index (χ3n) is 5.35. The molecule has 21 heavy (non-hydrogen) atoms. The fraction of sp³-hybridized carbons (Fsp3) is 0.579. The summed E-state index contributed by atoms with van der Waals surface area (Å²) in [6.45, 7) is 7.75. The van der Waals surface area contributed by atoms with Crippen molar-refractivity contribution in [1.29, 1.82) is 0 Å². The predicted octanol–water partition coefficient (Wildman–Crippen LogP) is 5.13. The minimum atomic E-state index is 0.337. The molecule has 114 valence electrons. The first-order valence-electron chi connectivity index (χ1n) is 8.36. The summed E-state index contributed by atoms with van der Waals surface area (Å²) in [7, 11) is 0. The maximum atomic E-state index is 4.86. The number of likely N-dealkylation sites (tertiary alicyclic amines) is 1. The predicted molar refractivity (Wildman–Crippen MR) is 93.7 cm³/mol. The van der Waals surface area contributed by atoms with E-state index in [1.807, 2.05) is 0 Å². The quantitative estimate of drug-likeness (QED) is 0.757. The van der Waals surface area contributed by atoms with E-state index >= 15 is 0 Å². The smallest absolute Gasteiger partial charge is 0.0725 e. The molecule has 1 aliphatic heterocycles. The average molecular weight is 301 g/mol. The monoisotopic (exact) mass is 301 g/mol. The molecule has 0 amide bonds. The zero-order valence-electron chi connectivity index (χ0n) is 13.1. The van der Waals surface area contributed by atoms with Gasteiger partial charge < -0.3 is 4.90 Å².